The van der Waals surface area contributed by atoms with E-state index in [1.807, 2.05) is 18.2 Å². The second-order valence-electron chi connectivity index (χ2n) is 5.05. The van der Waals surface area contributed by atoms with Crippen molar-refractivity contribution in [1.82, 2.24) is 0 Å². The molecule has 2 N–H and O–H groups in total. The smallest absolute Gasteiger partial charge is 0.126 e. The zero-order chi connectivity index (χ0) is 13.5. The van der Waals surface area contributed by atoms with Gasteiger partial charge in [-0.15, -0.1) is 0 Å². The number of methoxy groups -OCH3 is 1. The van der Waals surface area contributed by atoms with Crippen LogP contribution in [0.15, 0.2) is 18.2 Å². The van der Waals surface area contributed by atoms with E-state index in [4.69, 9.17) is 15.2 Å². The van der Waals surface area contributed by atoms with Crippen molar-refractivity contribution >= 4 is 0 Å². The summed E-state index contributed by atoms with van der Waals surface area (Å²) in [6.45, 7) is 7.08. The third kappa shape index (κ3) is 4.57. The maximum atomic E-state index is 6.01. The fourth-order valence-electron chi connectivity index (χ4n) is 1.65. The molecule has 102 valence electrons. The quantitative estimate of drug-likeness (QED) is 0.810. The van der Waals surface area contributed by atoms with Crippen LogP contribution >= 0.6 is 0 Å². The Labute approximate surface area is 110 Å². The van der Waals surface area contributed by atoms with Crippen LogP contribution in [0, 0.1) is 5.92 Å². The third-order valence-electron chi connectivity index (χ3n) is 2.85. The Hall–Kier alpha value is -1.22. The van der Waals surface area contributed by atoms with Gasteiger partial charge in [0, 0.05) is 12.1 Å². The first-order chi connectivity index (χ1) is 8.56. The third-order valence-corrected chi connectivity index (χ3v) is 2.85. The van der Waals surface area contributed by atoms with Crippen LogP contribution in [0.5, 0.6) is 11.5 Å². The monoisotopic (exact) mass is 251 g/mol. The molecule has 0 bridgehead atoms. The maximum absolute atomic E-state index is 6.01. The van der Waals surface area contributed by atoms with Crippen LogP contribution in [0.2, 0.25) is 0 Å². The van der Waals surface area contributed by atoms with Gasteiger partial charge in [-0.25, -0.2) is 0 Å². The first-order valence-corrected chi connectivity index (χ1v) is 6.62. The minimum atomic E-state index is 0.180. The van der Waals surface area contributed by atoms with Crippen molar-refractivity contribution < 1.29 is 9.47 Å². The summed E-state index contributed by atoms with van der Waals surface area (Å²) >= 11 is 0. The Morgan fingerprint density at radius 1 is 1.28 bits per heavy atom. The summed E-state index contributed by atoms with van der Waals surface area (Å²) in [6, 6.07) is 6.13. The van der Waals surface area contributed by atoms with E-state index in [1.54, 1.807) is 7.11 Å². The molecular weight excluding hydrogens is 226 g/mol. The predicted molar refractivity (Wildman–Crippen MR) is 75.3 cm³/mol. The highest BCUT2D eigenvalue weighted by molar-refractivity contribution is 5.41. The van der Waals surface area contributed by atoms with Crippen molar-refractivity contribution in [2.75, 3.05) is 13.7 Å². The van der Waals surface area contributed by atoms with E-state index in [0.717, 1.165) is 29.9 Å². The molecule has 1 rings (SSSR count). The first kappa shape index (κ1) is 14.8. The maximum Gasteiger partial charge on any atom is 0.126 e. The fraction of sp³-hybridized carbons (Fsp3) is 0.600. The minimum Gasteiger partial charge on any atom is -0.497 e. The van der Waals surface area contributed by atoms with Crippen molar-refractivity contribution in [3.63, 3.8) is 0 Å². The summed E-state index contributed by atoms with van der Waals surface area (Å²) in [6.07, 6.45) is 1.81. The van der Waals surface area contributed by atoms with Gasteiger partial charge in [0.05, 0.1) is 13.7 Å². The first-order valence-electron chi connectivity index (χ1n) is 6.62. The lowest BCUT2D eigenvalue weighted by atomic mass is 10.0. The van der Waals surface area contributed by atoms with Gasteiger partial charge < -0.3 is 15.2 Å². The standard InChI is InChI=1S/C15H25NO2/c1-5-13(16)8-12-6-7-14(17-4)9-15(12)18-10-11(2)3/h6-7,9,11,13H,5,8,10,16H2,1-4H3. The lowest BCUT2D eigenvalue weighted by Crippen LogP contribution is -2.22. The van der Waals surface area contributed by atoms with Gasteiger partial charge in [-0.1, -0.05) is 26.8 Å². The van der Waals surface area contributed by atoms with Crippen LogP contribution in [0.1, 0.15) is 32.8 Å². The van der Waals surface area contributed by atoms with Gasteiger partial charge in [0.1, 0.15) is 11.5 Å². The molecule has 0 aromatic heterocycles. The molecule has 1 aromatic rings. The molecule has 1 aromatic carbocycles. The van der Waals surface area contributed by atoms with Gasteiger partial charge in [0.15, 0.2) is 0 Å². The lowest BCUT2D eigenvalue weighted by molar-refractivity contribution is 0.266. The molecule has 18 heavy (non-hydrogen) atoms. The molecule has 0 fully saturated rings. The van der Waals surface area contributed by atoms with Crippen LogP contribution in [0.4, 0.5) is 0 Å². The molecular formula is C15H25NO2. The van der Waals surface area contributed by atoms with Gasteiger partial charge >= 0.3 is 0 Å². The topological polar surface area (TPSA) is 44.5 Å². The van der Waals surface area contributed by atoms with Crippen LogP contribution in [-0.2, 0) is 6.42 Å². The minimum absolute atomic E-state index is 0.180. The van der Waals surface area contributed by atoms with E-state index in [0.29, 0.717) is 12.5 Å². The van der Waals surface area contributed by atoms with Gasteiger partial charge in [-0.3, -0.25) is 0 Å². The SMILES string of the molecule is CCC(N)Cc1ccc(OC)cc1OCC(C)C. The van der Waals surface area contributed by atoms with Crippen molar-refractivity contribution in [1.29, 1.82) is 0 Å². The molecule has 0 amide bonds. The number of ether oxygens (including phenoxy) is 2. The Balaban J connectivity index is 2.85. The number of nitrogens with two attached hydrogens (primary N) is 1. The number of hydrogen-bond acceptors (Lipinski definition) is 3. The lowest BCUT2D eigenvalue weighted by Gasteiger charge is -2.16. The molecule has 0 spiro atoms. The Morgan fingerprint density at radius 3 is 2.56 bits per heavy atom. The van der Waals surface area contributed by atoms with Gasteiger partial charge in [-0.2, -0.15) is 0 Å². The molecule has 0 heterocycles. The average Bonchev–Trinajstić information content (AvgIpc) is 2.37. The van der Waals surface area contributed by atoms with Crippen LogP contribution in [-0.4, -0.2) is 19.8 Å². The molecule has 0 aliphatic heterocycles. The molecule has 0 saturated carbocycles. The van der Waals surface area contributed by atoms with E-state index in [9.17, 15) is 0 Å². The van der Waals surface area contributed by atoms with Crippen molar-refractivity contribution in [3.05, 3.63) is 23.8 Å². The summed E-state index contributed by atoms with van der Waals surface area (Å²) in [5.74, 6) is 2.22. The van der Waals surface area contributed by atoms with Crippen LogP contribution in [0.25, 0.3) is 0 Å². The summed E-state index contributed by atoms with van der Waals surface area (Å²) in [5, 5.41) is 0. The van der Waals surface area contributed by atoms with Crippen molar-refractivity contribution in [2.24, 2.45) is 11.7 Å². The van der Waals surface area contributed by atoms with E-state index in [-0.39, 0.29) is 6.04 Å². The molecule has 1 unspecified atom stereocenters. The van der Waals surface area contributed by atoms with E-state index < -0.39 is 0 Å². The molecule has 0 saturated heterocycles. The zero-order valence-electron chi connectivity index (χ0n) is 11.9. The van der Waals surface area contributed by atoms with Crippen molar-refractivity contribution in [2.45, 2.75) is 39.7 Å². The molecule has 3 heteroatoms. The second-order valence-corrected chi connectivity index (χ2v) is 5.05. The Bertz CT molecular complexity index is 364. The summed E-state index contributed by atoms with van der Waals surface area (Å²) < 4.78 is 11.1. The number of rotatable bonds is 7. The second kappa shape index (κ2) is 7.27. The number of hydrogen-bond donors (Lipinski definition) is 1. The summed E-state index contributed by atoms with van der Waals surface area (Å²) in [4.78, 5) is 0. The zero-order valence-corrected chi connectivity index (χ0v) is 11.9. The Kier molecular flexibility index (Phi) is 5.99. The molecule has 0 aliphatic rings. The normalized spacial score (nSPS) is 12.6. The van der Waals surface area contributed by atoms with E-state index >= 15 is 0 Å². The molecule has 1 atom stereocenters. The van der Waals surface area contributed by atoms with Crippen LogP contribution < -0.4 is 15.2 Å². The summed E-state index contributed by atoms with van der Waals surface area (Å²) in [7, 11) is 1.67. The fourth-order valence-corrected chi connectivity index (χ4v) is 1.65. The molecule has 3 nitrogen and oxygen atoms in total. The van der Waals surface area contributed by atoms with E-state index in [1.165, 1.54) is 0 Å². The average molecular weight is 251 g/mol. The largest absolute Gasteiger partial charge is 0.497 e. The van der Waals surface area contributed by atoms with Gasteiger partial charge in [-0.05, 0) is 30.4 Å². The molecule has 0 aliphatic carbocycles. The number of benzene rings is 1. The Morgan fingerprint density at radius 2 is 2.00 bits per heavy atom. The van der Waals surface area contributed by atoms with Crippen molar-refractivity contribution in [3.8, 4) is 11.5 Å². The molecule has 0 radical (unpaired) electrons. The summed E-state index contributed by atoms with van der Waals surface area (Å²) in [5.41, 5.74) is 7.17. The predicted octanol–water partition coefficient (Wildman–Crippen LogP) is 3.01. The van der Waals surface area contributed by atoms with Gasteiger partial charge in [0.2, 0.25) is 0 Å². The highest BCUT2D eigenvalue weighted by atomic mass is 16.5. The van der Waals surface area contributed by atoms with Gasteiger partial charge in [0.25, 0.3) is 0 Å². The van der Waals surface area contributed by atoms with Crippen LogP contribution in [0.3, 0.4) is 0 Å². The highest BCUT2D eigenvalue weighted by Gasteiger charge is 2.10. The highest BCUT2D eigenvalue weighted by Crippen LogP contribution is 2.26. The van der Waals surface area contributed by atoms with E-state index in [2.05, 4.69) is 20.8 Å².